The van der Waals surface area contributed by atoms with Crippen molar-refractivity contribution in [2.45, 2.75) is 13.8 Å². The molecule has 0 amide bonds. The Morgan fingerprint density at radius 3 is 1.78 bits per heavy atom. The molecule has 0 saturated carbocycles. The van der Waals surface area contributed by atoms with Crippen molar-refractivity contribution >= 4 is 35.5 Å². The van der Waals surface area contributed by atoms with Gasteiger partial charge in [0, 0.05) is 11.1 Å². The van der Waals surface area contributed by atoms with E-state index in [1.54, 1.807) is 38.3 Å². The zero-order valence-electron chi connectivity index (χ0n) is 13.0. The van der Waals surface area contributed by atoms with Gasteiger partial charge in [-0.05, 0) is 61.4 Å². The normalized spacial score (nSPS) is 9.61. The van der Waals surface area contributed by atoms with Gasteiger partial charge in [-0.2, -0.15) is 0 Å². The maximum absolute atomic E-state index is 10.8. The molecule has 23 heavy (non-hydrogen) atoms. The third kappa shape index (κ3) is 5.65. The SMILES string of the molecule is COc1ccc(C(=O)S)cc1C.Cc1cc(C(=O)S)ccc1O. The first-order valence-corrected chi connectivity index (χ1v) is 7.56. The summed E-state index contributed by atoms with van der Waals surface area (Å²) in [6.45, 7) is 3.62. The highest BCUT2D eigenvalue weighted by atomic mass is 32.1. The van der Waals surface area contributed by atoms with Crippen LogP contribution < -0.4 is 4.74 Å². The van der Waals surface area contributed by atoms with E-state index in [2.05, 4.69) is 25.3 Å². The number of thiol groups is 2. The molecule has 0 aromatic heterocycles. The van der Waals surface area contributed by atoms with E-state index in [-0.39, 0.29) is 16.0 Å². The number of rotatable bonds is 3. The maximum atomic E-state index is 10.8. The predicted octanol–water partition coefficient (Wildman–Crippen LogP) is 3.84. The second-order valence-corrected chi connectivity index (χ2v) is 5.61. The molecule has 0 radical (unpaired) electrons. The van der Waals surface area contributed by atoms with Gasteiger partial charge in [-0.1, -0.05) is 0 Å². The average molecular weight is 350 g/mol. The molecule has 0 spiro atoms. The van der Waals surface area contributed by atoms with Crippen LogP contribution in [0.25, 0.3) is 0 Å². The summed E-state index contributed by atoms with van der Waals surface area (Å²) in [5.74, 6) is 0.983. The van der Waals surface area contributed by atoms with Crippen molar-refractivity contribution in [2.24, 2.45) is 0 Å². The lowest BCUT2D eigenvalue weighted by atomic mass is 10.1. The van der Waals surface area contributed by atoms with Gasteiger partial charge in [0.05, 0.1) is 7.11 Å². The fourth-order valence-corrected chi connectivity index (χ4v) is 2.08. The molecule has 0 aliphatic heterocycles. The van der Waals surface area contributed by atoms with Gasteiger partial charge >= 0.3 is 0 Å². The standard InChI is InChI=1S/C9H10O2S.C8H8O2S/c1-6-5-7(9(10)12)3-4-8(6)11-2;1-5-4-6(8(10)11)2-3-7(5)9/h3-5H,1-2H3,(H,10,12);2-4,9H,1H3,(H,10,11). The van der Waals surface area contributed by atoms with E-state index in [0.29, 0.717) is 16.7 Å². The summed E-state index contributed by atoms with van der Waals surface area (Å²) in [6.07, 6.45) is 0. The highest BCUT2D eigenvalue weighted by Crippen LogP contribution is 2.19. The van der Waals surface area contributed by atoms with Crippen LogP contribution in [-0.4, -0.2) is 22.4 Å². The molecule has 1 N–H and O–H groups in total. The van der Waals surface area contributed by atoms with Gasteiger partial charge in [0.15, 0.2) is 0 Å². The lowest BCUT2D eigenvalue weighted by molar-refractivity contribution is 0.108. The molecule has 122 valence electrons. The Morgan fingerprint density at radius 1 is 0.913 bits per heavy atom. The third-order valence-electron chi connectivity index (χ3n) is 3.09. The number of phenols is 1. The first kappa shape index (κ1) is 19.1. The molecule has 0 unspecified atom stereocenters. The van der Waals surface area contributed by atoms with E-state index in [0.717, 1.165) is 11.3 Å². The summed E-state index contributed by atoms with van der Waals surface area (Å²) in [6, 6.07) is 9.84. The number of benzene rings is 2. The molecule has 2 aromatic carbocycles. The largest absolute Gasteiger partial charge is 0.508 e. The molecule has 0 saturated heterocycles. The zero-order chi connectivity index (χ0) is 17.6. The molecule has 0 bridgehead atoms. The Kier molecular flexibility index (Phi) is 7.19. The predicted molar refractivity (Wildman–Crippen MR) is 97.2 cm³/mol. The molecular formula is C17H18O4S2. The highest BCUT2D eigenvalue weighted by Gasteiger charge is 2.03. The smallest absolute Gasteiger partial charge is 0.216 e. The van der Waals surface area contributed by atoms with Crippen LogP contribution >= 0.6 is 25.3 Å². The zero-order valence-corrected chi connectivity index (χ0v) is 14.8. The van der Waals surface area contributed by atoms with Gasteiger partial charge in [0.1, 0.15) is 11.5 Å². The number of hydrogen-bond donors (Lipinski definition) is 3. The second-order valence-electron chi connectivity index (χ2n) is 4.80. The third-order valence-corrected chi connectivity index (χ3v) is 3.60. The van der Waals surface area contributed by atoms with Gasteiger partial charge in [-0.3, -0.25) is 9.59 Å². The Hall–Kier alpha value is -1.92. The van der Waals surface area contributed by atoms with E-state index < -0.39 is 0 Å². The quantitative estimate of drug-likeness (QED) is 0.736. The Bertz CT molecular complexity index is 727. The van der Waals surface area contributed by atoms with E-state index in [1.807, 2.05) is 6.92 Å². The molecule has 4 nitrogen and oxygen atoms in total. The molecule has 2 aromatic rings. The number of hydrogen-bond acceptors (Lipinski definition) is 4. The monoisotopic (exact) mass is 350 g/mol. The van der Waals surface area contributed by atoms with Crippen molar-refractivity contribution in [3.05, 3.63) is 58.7 Å². The minimum absolute atomic E-state index is 0.198. The number of aromatic hydroxyl groups is 1. The van der Waals surface area contributed by atoms with Crippen LogP contribution in [0.3, 0.4) is 0 Å². The highest BCUT2D eigenvalue weighted by molar-refractivity contribution is 7.97. The van der Waals surface area contributed by atoms with Gasteiger partial charge in [0.25, 0.3) is 0 Å². The average Bonchev–Trinajstić information content (AvgIpc) is 2.50. The number of carbonyl (C=O) groups is 2. The van der Waals surface area contributed by atoms with Crippen molar-refractivity contribution in [1.82, 2.24) is 0 Å². The summed E-state index contributed by atoms with van der Waals surface area (Å²) < 4.78 is 5.04. The second kappa shape index (κ2) is 8.64. The van der Waals surface area contributed by atoms with Crippen LogP contribution in [0, 0.1) is 13.8 Å². The van der Waals surface area contributed by atoms with Crippen molar-refractivity contribution in [2.75, 3.05) is 7.11 Å². The van der Waals surface area contributed by atoms with E-state index in [1.165, 1.54) is 12.1 Å². The molecular weight excluding hydrogens is 332 g/mol. The summed E-state index contributed by atoms with van der Waals surface area (Å²) in [7, 11) is 1.60. The Morgan fingerprint density at radius 2 is 1.39 bits per heavy atom. The molecule has 0 aliphatic carbocycles. The van der Waals surface area contributed by atoms with Crippen LogP contribution in [0.2, 0.25) is 0 Å². The van der Waals surface area contributed by atoms with Crippen LogP contribution in [0.5, 0.6) is 11.5 Å². The number of carbonyl (C=O) groups excluding carboxylic acids is 2. The summed E-state index contributed by atoms with van der Waals surface area (Å²) >= 11 is 7.37. The topological polar surface area (TPSA) is 63.6 Å². The lowest BCUT2D eigenvalue weighted by Gasteiger charge is -2.04. The lowest BCUT2D eigenvalue weighted by Crippen LogP contribution is -1.92. The van der Waals surface area contributed by atoms with Crippen molar-refractivity contribution < 1.29 is 19.4 Å². The fraction of sp³-hybridized carbons (Fsp3) is 0.176. The number of methoxy groups -OCH3 is 1. The van der Waals surface area contributed by atoms with E-state index >= 15 is 0 Å². The van der Waals surface area contributed by atoms with Crippen molar-refractivity contribution in [1.29, 1.82) is 0 Å². The Balaban J connectivity index is 0.000000231. The number of aryl methyl sites for hydroxylation is 2. The van der Waals surface area contributed by atoms with Crippen molar-refractivity contribution in [3.63, 3.8) is 0 Å². The number of ether oxygens (including phenoxy) is 1. The van der Waals surface area contributed by atoms with Crippen molar-refractivity contribution in [3.8, 4) is 11.5 Å². The maximum Gasteiger partial charge on any atom is 0.216 e. The minimum Gasteiger partial charge on any atom is -0.508 e. The van der Waals surface area contributed by atoms with Crippen LogP contribution in [-0.2, 0) is 0 Å². The van der Waals surface area contributed by atoms with Crippen LogP contribution in [0.1, 0.15) is 31.8 Å². The first-order valence-electron chi connectivity index (χ1n) is 6.67. The van der Waals surface area contributed by atoms with Crippen LogP contribution in [0.15, 0.2) is 36.4 Å². The first-order chi connectivity index (χ1) is 10.8. The molecule has 2 rings (SSSR count). The van der Waals surface area contributed by atoms with Gasteiger partial charge < -0.3 is 9.84 Å². The van der Waals surface area contributed by atoms with Gasteiger partial charge in [0.2, 0.25) is 10.2 Å². The summed E-state index contributed by atoms with van der Waals surface area (Å²) in [5.41, 5.74) is 2.72. The van der Waals surface area contributed by atoms with Crippen LogP contribution in [0.4, 0.5) is 0 Å². The molecule has 0 heterocycles. The molecule has 6 heteroatoms. The van der Waals surface area contributed by atoms with E-state index in [9.17, 15) is 9.59 Å². The Labute approximate surface area is 146 Å². The molecule has 0 aliphatic rings. The summed E-state index contributed by atoms with van der Waals surface area (Å²) in [4.78, 5) is 21.5. The number of phenolic OH excluding ortho intramolecular Hbond substituents is 1. The molecule has 0 fully saturated rings. The van der Waals surface area contributed by atoms with Gasteiger partial charge in [-0.25, -0.2) is 0 Å². The fourth-order valence-electron chi connectivity index (χ4n) is 1.80. The summed E-state index contributed by atoms with van der Waals surface area (Å²) in [5, 5.41) is 8.58. The van der Waals surface area contributed by atoms with E-state index in [4.69, 9.17) is 9.84 Å². The minimum atomic E-state index is -0.284. The molecule has 0 atom stereocenters. The van der Waals surface area contributed by atoms with Gasteiger partial charge in [-0.15, -0.1) is 25.3 Å².